The van der Waals surface area contributed by atoms with Crippen LogP contribution in [0.2, 0.25) is 0 Å². The lowest BCUT2D eigenvalue weighted by molar-refractivity contribution is -0.225. The molecule has 0 N–H and O–H groups in total. The van der Waals surface area contributed by atoms with Crippen molar-refractivity contribution in [3.05, 3.63) is 35.9 Å². The van der Waals surface area contributed by atoms with Crippen LogP contribution in [-0.4, -0.2) is 31.1 Å². The van der Waals surface area contributed by atoms with E-state index in [9.17, 15) is 9.59 Å². The molecule has 6 nitrogen and oxygen atoms in total. The van der Waals surface area contributed by atoms with E-state index in [1.54, 1.807) is 20.8 Å². The molecule has 23 heavy (non-hydrogen) atoms. The monoisotopic (exact) mass is 324 g/mol. The molecule has 1 rings (SSSR count). The summed E-state index contributed by atoms with van der Waals surface area (Å²) in [6.07, 6.45) is -0.930. The second-order valence-corrected chi connectivity index (χ2v) is 4.87. The van der Waals surface area contributed by atoms with Crippen molar-refractivity contribution in [3.8, 4) is 0 Å². The van der Waals surface area contributed by atoms with E-state index in [0.29, 0.717) is 0 Å². The van der Waals surface area contributed by atoms with Gasteiger partial charge in [0, 0.05) is 12.8 Å². The molecule has 0 bridgehead atoms. The van der Waals surface area contributed by atoms with E-state index in [2.05, 4.69) is 0 Å². The second-order valence-electron chi connectivity index (χ2n) is 4.87. The molecule has 2 atom stereocenters. The molecule has 6 heteroatoms. The number of benzene rings is 1. The summed E-state index contributed by atoms with van der Waals surface area (Å²) in [5.74, 6) is -0.742. The molecule has 0 radical (unpaired) electrons. The number of rotatable bonds is 10. The highest BCUT2D eigenvalue weighted by Crippen LogP contribution is 2.11. The molecule has 0 amide bonds. The molecule has 0 aliphatic rings. The third-order valence-corrected chi connectivity index (χ3v) is 3.02. The van der Waals surface area contributed by atoms with Crippen LogP contribution in [0.4, 0.5) is 0 Å². The molecular weight excluding hydrogens is 300 g/mol. The highest BCUT2D eigenvalue weighted by atomic mass is 16.7. The third kappa shape index (κ3) is 7.76. The maximum absolute atomic E-state index is 11.5. The maximum atomic E-state index is 11.5. The molecule has 2 unspecified atom stereocenters. The molecule has 0 heterocycles. The summed E-state index contributed by atoms with van der Waals surface area (Å²) in [6, 6.07) is 9.53. The van der Waals surface area contributed by atoms with Crippen molar-refractivity contribution >= 4 is 11.9 Å². The van der Waals surface area contributed by atoms with Gasteiger partial charge in [-0.2, -0.15) is 0 Å². The van der Waals surface area contributed by atoms with E-state index in [0.717, 1.165) is 5.56 Å². The number of ether oxygens (including phenoxy) is 4. The van der Waals surface area contributed by atoms with Crippen LogP contribution in [0.25, 0.3) is 0 Å². The molecule has 0 saturated heterocycles. The molecular formula is C17H24O6. The Morgan fingerprint density at radius 3 is 2.26 bits per heavy atom. The maximum Gasteiger partial charge on any atom is 0.307 e. The lowest BCUT2D eigenvalue weighted by Crippen LogP contribution is -2.34. The predicted octanol–water partition coefficient (Wildman–Crippen LogP) is 2.80. The van der Waals surface area contributed by atoms with Crippen molar-refractivity contribution in [2.75, 3.05) is 6.79 Å². The first-order valence-electron chi connectivity index (χ1n) is 7.69. The van der Waals surface area contributed by atoms with Gasteiger partial charge in [-0.3, -0.25) is 9.59 Å². The Morgan fingerprint density at radius 1 is 1.00 bits per heavy atom. The minimum absolute atomic E-state index is 0.206. The number of carbonyl (C=O) groups excluding carboxylic acids is 2. The van der Waals surface area contributed by atoms with Crippen LogP contribution in [0.3, 0.4) is 0 Å². The zero-order valence-electron chi connectivity index (χ0n) is 13.8. The summed E-state index contributed by atoms with van der Waals surface area (Å²) in [5.41, 5.74) is 0.953. The minimum Gasteiger partial charge on any atom is -0.438 e. The van der Waals surface area contributed by atoms with E-state index in [1.165, 1.54) is 0 Å². The van der Waals surface area contributed by atoms with E-state index in [-0.39, 0.29) is 38.2 Å². The first-order valence-corrected chi connectivity index (χ1v) is 7.69. The summed E-state index contributed by atoms with van der Waals surface area (Å²) in [7, 11) is 0. The Bertz CT molecular complexity index is 473. The lowest BCUT2D eigenvalue weighted by atomic mass is 10.2. The first-order chi connectivity index (χ1) is 11.1. The number of esters is 2. The highest BCUT2D eigenvalue weighted by molar-refractivity contribution is 5.69. The standard InChI is InChI=1S/C17H24O6/c1-4-15(18)22-12-21-13(3)17(23-16(19)5-2)20-11-14-9-7-6-8-10-14/h6-10,13,17H,4-5,11-12H2,1-3H3. The molecule has 0 fully saturated rings. The van der Waals surface area contributed by atoms with Crippen molar-refractivity contribution in [3.63, 3.8) is 0 Å². The van der Waals surface area contributed by atoms with E-state index < -0.39 is 12.4 Å². The van der Waals surface area contributed by atoms with Gasteiger partial charge in [0.25, 0.3) is 0 Å². The topological polar surface area (TPSA) is 71.1 Å². The van der Waals surface area contributed by atoms with Gasteiger partial charge in [0.15, 0.2) is 6.79 Å². The smallest absolute Gasteiger partial charge is 0.307 e. The van der Waals surface area contributed by atoms with Gasteiger partial charge in [-0.1, -0.05) is 44.2 Å². The van der Waals surface area contributed by atoms with Crippen LogP contribution in [0.5, 0.6) is 0 Å². The summed E-state index contributed by atoms with van der Waals surface area (Å²) in [4.78, 5) is 22.6. The van der Waals surface area contributed by atoms with Crippen molar-refractivity contribution in [1.29, 1.82) is 0 Å². The summed E-state index contributed by atoms with van der Waals surface area (Å²) < 4.78 is 21.1. The first kappa shape index (κ1) is 19.1. The number of hydrogen-bond donors (Lipinski definition) is 0. The van der Waals surface area contributed by atoms with Gasteiger partial charge >= 0.3 is 11.9 Å². The molecule has 0 saturated carbocycles. The average Bonchev–Trinajstić information content (AvgIpc) is 2.58. The normalized spacial score (nSPS) is 13.2. The Balaban J connectivity index is 2.52. The quantitative estimate of drug-likeness (QED) is 0.487. The molecule has 1 aromatic carbocycles. The Hall–Kier alpha value is -1.92. The fourth-order valence-electron chi connectivity index (χ4n) is 1.62. The molecule has 0 aliphatic carbocycles. The van der Waals surface area contributed by atoms with Gasteiger partial charge in [0.05, 0.1) is 6.61 Å². The number of carbonyl (C=O) groups is 2. The average molecular weight is 324 g/mol. The van der Waals surface area contributed by atoms with Gasteiger partial charge in [-0.25, -0.2) is 0 Å². The minimum atomic E-state index is -0.872. The predicted molar refractivity (Wildman–Crippen MR) is 83.2 cm³/mol. The Kier molecular flexibility index (Phi) is 8.94. The zero-order chi connectivity index (χ0) is 17.1. The van der Waals surface area contributed by atoms with E-state index >= 15 is 0 Å². The van der Waals surface area contributed by atoms with Crippen molar-refractivity contribution < 1.29 is 28.5 Å². The second kappa shape index (κ2) is 10.7. The fourth-order valence-corrected chi connectivity index (χ4v) is 1.62. The van der Waals surface area contributed by atoms with E-state index in [1.807, 2.05) is 30.3 Å². The van der Waals surface area contributed by atoms with Crippen LogP contribution in [0.1, 0.15) is 39.2 Å². The SMILES string of the molecule is CCC(=O)OCOC(C)C(OCc1ccccc1)OC(=O)CC. The Labute approximate surface area is 136 Å². The largest absolute Gasteiger partial charge is 0.438 e. The molecule has 128 valence electrons. The van der Waals surface area contributed by atoms with E-state index in [4.69, 9.17) is 18.9 Å². The van der Waals surface area contributed by atoms with Crippen molar-refractivity contribution in [2.45, 2.75) is 52.6 Å². The van der Waals surface area contributed by atoms with Crippen LogP contribution >= 0.6 is 0 Å². The lowest BCUT2D eigenvalue weighted by Gasteiger charge is -2.24. The molecule has 0 aliphatic heterocycles. The summed E-state index contributed by atoms with van der Waals surface area (Å²) in [5, 5.41) is 0. The Morgan fingerprint density at radius 2 is 1.65 bits per heavy atom. The summed E-state index contributed by atoms with van der Waals surface area (Å²) >= 11 is 0. The van der Waals surface area contributed by atoms with Crippen molar-refractivity contribution in [2.24, 2.45) is 0 Å². The highest BCUT2D eigenvalue weighted by Gasteiger charge is 2.23. The van der Waals surface area contributed by atoms with Gasteiger partial charge in [0.2, 0.25) is 6.29 Å². The molecule has 1 aromatic rings. The van der Waals surface area contributed by atoms with Crippen LogP contribution < -0.4 is 0 Å². The van der Waals surface area contributed by atoms with Gasteiger partial charge in [0.1, 0.15) is 6.10 Å². The fraction of sp³-hybridized carbons (Fsp3) is 0.529. The van der Waals surface area contributed by atoms with Crippen LogP contribution in [0, 0.1) is 0 Å². The third-order valence-electron chi connectivity index (χ3n) is 3.02. The van der Waals surface area contributed by atoms with Gasteiger partial charge in [-0.15, -0.1) is 0 Å². The van der Waals surface area contributed by atoms with Crippen LogP contribution in [-0.2, 0) is 35.1 Å². The van der Waals surface area contributed by atoms with Crippen LogP contribution in [0.15, 0.2) is 30.3 Å². The van der Waals surface area contributed by atoms with Gasteiger partial charge < -0.3 is 18.9 Å². The summed E-state index contributed by atoms with van der Waals surface area (Å²) in [6.45, 7) is 5.16. The van der Waals surface area contributed by atoms with Crippen molar-refractivity contribution in [1.82, 2.24) is 0 Å². The van der Waals surface area contributed by atoms with Gasteiger partial charge in [-0.05, 0) is 12.5 Å². The zero-order valence-corrected chi connectivity index (χ0v) is 13.8. The number of hydrogen-bond acceptors (Lipinski definition) is 6. The molecule has 0 spiro atoms. The molecule has 0 aromatic heterocycles.